The van der Waals surface area contributed by atoms with Gasteiger partial charge in [0.1, 0.15) is 0 Å². The van der Waals surface area contributed by atoms with Crippen LogP contribution >= 0.6 is 11.6 Å². The van der Waals surface area contributed by atoms with E-state index in [1.54, 1.807) is 13.1 Å². The third kappa shape index (κ3) is 2.41. The number of aliphatic hydroxyl groups excluding tert-OH is 1. The summed E-state index contributed by atoms with van der Waals surface area (Å²) in [5.74, 6) is -0.204. The molecule has 0 radical (unpaired) electrons. The molecule has 0 saturated carbocycles. The van der Waals surface area contributed by atoms with Crippen molar-refractivity contribution < 1.29 is 9.90 Å². The SMILES string of the molecule is CN(C(=O)c1ccncc1Cl)[C@H]1CNC[C@@H]1O. The molecule has 2 N–H and O–H groups in total. The lowest BCUT2D eigenvalue weighted by molar-refractivity contribution is 0.0581. The fourth-order valence-electron chi connectivity index (χ4n) is 1.94. The maximum atomic E-state index is 12.2. The van der Waals surface area contributed by atoms with Crippen LogP contribution in [0, 0.1) is 0 Å². The van der Waals surface area contributed by atoms with Crippen molar-refractivity contribution in [1.82, 2.24) is 15.2 Å². The molecule has 1 aliphatic rings. The molecule has 1 aliphatic heterocycles. The molecule has 17 heavy (non-hydrogen) atoms. The van der Waals surface area contributed by atoms with Crippen LogP contribution in [0.5, 0.6) is 0 Å². The molecule has 2 rings (SSSR count). The summed E-state index contributed by atoms with van der Waals surface area (Å²) >= 11 is 5.92. The molecule has 5 nitrogen and oxygen atoms in total. The number of β-amino-alcohol motifs (C(OH)–C–C–N with tert-alkyl or cyclic N) is 1. The number of carbonyl (C=O) groups is 1. The molecule has 0 aliphatic carbocycles. The Bertz CT molecular complexity index is 427. The van der Waals surface area contributed by atoms with Gasteiger partial charge in [-0.25, -0.2) is 0 Å². The van der Waals surface area contributed by atoms with Gasteiger partial charge in [0.2, 0.25) is 0 Å². The maximum absolute atomic E-state index is 12.2. The summed E-state index contributed by atoms with van der Waals surface area (Å²) in [5.41, 5.74) is 0.406. The van der Waals surface area contributed by atoms with Gasteiger partial charge >= 0.3 is 0 Å². The normalized spacial score (nSPS) is 23.7. The van der Waals surface area contributed by atoms with E-state index >= 15 is 0 Å². The molecule has 1 aromatic rings. The molecule has 1 fully saturated rings. The largest absolute Gasteiger partial charge is 0.390 e. The predicted octanol–water partition coefficient (Wildman–Crippen LogP) is 0.140. The second kappa shape index (κ2) is 5.00. The quantitative estimate of drug-likeness (QED) is 0.789. The second-order valence-electron chi connectivity index (χ2n) is 4.06. The van der Waals surface area contributed by atoms with Gasteiger partial charge in [0.15, 0.2) is 0 Å². The van der Waals surface area contributed by atoms with Crippen molar-refractivity contribution in [3.05, 3.63) is 29.0 Å². The van der Waals surface area contributed by atoms with Crippen molar-refractivity contribution in [2.24, 2.45) is 0 Å². The summed E-state index contributed by atoms with van der Waals surface area (Å²) in [5, 5.41) is 13.1. The lowest BCUT2D eigenvalue weighted by Gasteiger charge is -2.26. The Labute approximate surface area is 104 Å². The molecule has 1 aromatic heterocycles. The minimum atomic E-state index is -0.537. The van der Waals surface area contributed by atoms with Crippen LogP contribution in [0.2, 0.25) is 5.02 Å². The first kappa shape index (κ1) is 12.3. The molecule has 1 saturated heterocycles. The minimum absolute atomic E-state index is 0.204. The number of halogens is 1. The molecular formula is C11H14ClN3O2. The van der Waals surface area contributed by atoms with Gasteiger partial charge in [0.25, 0.3) is 5.91 Å². The number of carbonyl (C=O) groups excluding carboxylic acids is 1. The third-order valence-electron chi connectivity index (χ3n) is 2.97. The van der Waals surface area contributed by atoms with Gasteiger partial charge in [0, 0.05) is 32.5 Å². The summed E-state index contributed by atoms with van der Waals surface area (Å²) in [7, 11) is 1.67. The number of hydrogen-bond donors (Lipinski definition) is 2. The molecule has 92 valence electrons. The fourth-order valence-corrected chi connectivity index (χ4v) is 2.14. The highest BCUT2D eigenvalue weighted by Gasteiger charge is 2.32. The van der Waals surface area contributed by atoms with Gasteiger partial charge in [0.05, 0.1) is 22.7 Å². The number of likely N-dealkylation sites (N-methyl/N-ethyl adjacent to an activating group) is 1. The van der Waals surface area contributed by atoms with Crippen molar-refractivity contribution >= 4 is 17.5 Å². The first-order valence-electron chi connectivity index (χ1n) is 5.36. The average Bonchev–Trinajstić information content (AvgIpc) is 2.74. The minimum Gasteiger partial charge on any atom is -0.390 e. The summed E-state index contributed by atoms with van der Waals surface area (Å²) in [6.45, 7) is 1.10. The smallest absolute Gasteiger partial charge is 0.255 e. The molecule has 2 heterocycles. The van der Waals surface area contributed by atoms with Crippen molar-refractivity contribution in [2.45, 2.75) is 12.1 Å². The molecule has 6 heteroatoms. The van der Waals surface area contributed by atoms with Crippen LogP contribution in [-0.4, -0.2) is 53.2 Å². The number of aromatic nitrogens is 1. The molecule has 0 bridgehead atoms. The van der Waals surface area contributed by atoms with Crippen LogP contribution in [-0.2, 0) is 0 Å². The lowest BCUT2D eigenvalue weighted by atomic mass is 10.1. The zero-order chi connectivity index (χ0) is 12.4. The Kier molecular flexibility index (Phi) is 3.61. The Balaban J connectivity index is 2.17. The Morgan fingerprint density at radius 1 is 1.65 bits per heavy atom. The highest BCUT2D eigenvalue weighted by molar-refractivity contribution is 6.33. The van der Waals surface area contributed by atoms with Gasteiger partial charge in [-0.1, -0.05) is 11.6 Å². The van der Waals surface area contributed by atoms with E-state index < -0.39 is 6.10 Å². The lowest BCUT2D eigenvalue weighted by Crippen LogP contribution is -2.44. The van der Waals surface area contributed by atoms with Gasteiger partial charge in [-0.15, -0.1) is 0 Å². The number of nitrogens with one attached hydrogen (secondary N) is 1. The standard InChI is InChI=1S/C11H14ClN3O2/c1-15(9-5-14-6-10(9)16)11(17)7-2-3-13-4-8(7)12/h2-4,9-10,14,16H,5-6H2,1H3/t9-,10-/m0/s1. The number of rotatable bonds is 2. The highest BCUT2D eigenvalue weighted by Crippen LogP contribution is 2.18. The van der Waals surface area contributed by atoms with E-state index in [4.69, 9.17) is 11.6 Å². The van der Waals surface area contributed by atoms with Crippen LogP contribution in [0.1, 0.15) is 10.4 Å². The van der Waals surface area contributed by atoms with E-state index in [-0.39, 0.29) is 11.9 Å². The van der Waals surface area contributed by atoms with Gasteiger partial charge in [-0.2, -0.15) is 0 Å². The van der Waals surface area contributed by atoms with Crippen molar-refractivity contribution in [3.8, 4) is 0 Å². The van der Waals surface area contributed by atoms with Gasteiger partial charge in [-0.05, 0) is 6.07 Å². The van der Waals surface area contributed by atoms with Crippen LogP contribution in [0.4, 0.5) is 0 Å². The number of amides is 1. The van der Waals surface area contributed by atoms with Crippen LogP contribution in [0.3, 0.4) is 0 Å². The number of hydrogen-bond acceptors (Lipinski definition) is 4. The summed E-state index contributed by atoms with van der Waals surface area (Å²) in [6.07, 6.45) is 2.42. The summed E-state index contributed by atoms with van der Waals surface area (Å²) < 4.78 is 0. The van der Waals surface area contributed by atoms with Crippen molar-refractivity contribution in [3.63, 3.8) is 0 Å². The topological polar surface area (TPSA) is 65.5 Å². The molecule has 0 spiro atoms. The molecule has 0 aromatic carbocycles. The highest BCUT2D eigenvalue weighted by atomic mass is 35.5. The monoisotopic (exact) mass is 255 g/mol. The van der Waals surface area contributed by atoms with E-state index in [1.807, 2.05) is 0 Å². The molecular weight excluding hydrogens is 242 g/mol. The Hall–Kier alpha value is -1.17. The number of pyridine rings is 1. The summed E-state index contributed by atoms with van der Waals surface area (Å²) in [4.78, 5) is 17.5. The van der Waals surface area contributed by atoms with E-state index in [9.17, 15) is 9.90 Å². The maximum Gasteiger partial charge on any atom is 0.255 e. The average molecular weight is 256 g/mol. The van der Waals surface area contributed by atoms with Crippen LogP contribution in [0.15, 0.2) is 18.5 Å². The number of aliphatic hydroxyl groups is 1. The van der Waals surface area contributed by atoms with E-state index in [0.717, 1.165) is 0 Å². The zero-order valence-corrected chi connectivity index (χ0v) is 10.2. The molecule has 2 atom stereocenters. The van der Waals surface area contributed by atoms with E-state index in [1.165, 1.54) is 17.3 Å². The number of nitrogens with zero attached hydrogens (tertiary/aromatic N) is 2. The van der Waals surface area contributed by atoms with E-state index in [2.05, 4.69) is 10.3 Å². The first-order chi connectivity index (χ1) is 8.11. The molecule has 0 unspecified atom stereocenters. The zero-order valence-electron chi connectivity index (χ0n) is 9.43. The van der Waals surface area contributed by atoms with E-state index in [0.29, 0.717) is 23.7 Å². The van der Waals surface area contributed by atoms with Crippen LogP contribution in [0.25, 0.3) is 0 Å². The second-order valence-corrected chi connectivity index (χ2v) is 4.47. The predicted molar refractivity (Wildman–Crippen MR) is 64.0 cm³/mol. The van der Waals surface area contributed by atoms with Crippen molar-refractivity contribution in [2.75, 3.05) is 20.1 Å². The first-order valence-corrected chi connectivity index (χ1v) is 5.74. The third-order valence-corrected chi connectivity index (χ3v) is 3.27. The molecule has 1 amide bonds. The fraction of sp³-hybridized carbons (Fsp3) is 0.455. The van der Waals surface area contributed by atoms with Crippen LogP contribution < -0.4 is 5.32 Å². The Morgan fingerprint density at radius 2 is 2.41 bits per heavy atom. The summed E-state index contributed by atoms with van der Waals surface area (Å²) in [6, 6.07) is 1.36. The van der Waals surface area contributed by atoms with Gasteiger partial charge < -0.3 is 15.3 Å². The Morgan fingerprint density at radius 3 is 3.00 bits per heavy atom. The van der Waals surface area contributed by atoms with Crippen molar-refractivity contribution in [1.29, 1.82) is 0 Å². The van der Waals surface area contributed by atoms with Gasteiger partial charge in [-0.3, -0.25) is 9.78 Å².